The first-order valence-corrected chi connectivity index (χ1v) is 7.85. The Kier molecular flexibility index (Phi) is 5.22. The minimum Gasteiger partial charge on any atom is -0.314 e. The third-order valence-electron chi connectivity index (χ3n) is 3.81. The number of nitrogens with one attached hydrogen (secondary N) is 1. The van der Waals surface area contributed by atoms with Crippen molar-refractivity contribution in [3.05, 3.63) is 29.8 Å². The molecule has 1 N–H and O–H groups in total. The Balaban J connectivity index is 1.96. The Morgan fingerprint density at radius 3 is 2.79 bits per heavy atom. The van der Waals surface area contributed by atoms with Crippen LogP contribution in [0.15, 0.2) is 23.1 Å². The lowest BCUT2D eigenvalue weighted by Gasteiger charge is -2.21. The number of hydrogen-bond donors (Lipinski definition) is 1. The molecule has 0 saturated heterocycles. The third kappa shape index (κ3) is 3.69. The molecule has 1 aliphatic carbocycles. The molecule has 1 aromatic rings. The molecule has 2 rings (SSSR count). The first-order valence-electron chi connectivity index (χ1n) is 6.97. The largest absolute Gasteiger partial charge is 0.314 e. The molecule has 4 heteroatoms. The molecular weight excluding hydrogens is 264 g/mol. The molecule has 1 aromatic carbocycles. The van der Waals surface area contributed by atoms with Crippen molar-refractivity contribution in [2.45, 2.75) is 49.3 Å². The van der Waals surface area contributed by atoms with Gasteiger partial charge in [-0.1, -0.05) is 13.8 Å². The minimum atomic E-state index is -0.510. The molecule has 0 bridgehead atoms. The van der Waals surface area contributed by atoms with Crippen molar-refractivity contribution in [3.8, 4) is 0 Å². The van der Waals surface area contributed by atoms with E-state index in [-0.39, 0.29) is 0 Å². The maximum atomic E-state index is 13.7. The standard InChI is InChI=1S/C15H21F2NS/c1-3-8-18-13-5-7-14(10(13)2)19-15-6-4-11(16)9-12(15)17/h4,6,9-10,13-14,18H,3,5,7-8H2,1-2H3. The summed E-state index contributed by atoms with van der Waals surface area (Å²) < 4.78 is 26.5. The lowest BCUT2D eigenvalue weighted by atomic mass is 10.1. The average Bonchev–Trinajstić information content (AvgIpc) is 2.72. The quantitative estimate of drug-likeness (QED) is 0.869. The smallest absolute Gasteiger partial charge is 0.139 e. The minimum absolute atomic E-state index is 0.411. The van der Waals surface area contributed by atoms with Gasteiger partial charge in [0, 0.05) is 22.3 Å². The van der Waals surface area contributed by atoms with E-state index in [1.807, 2.05) is 0 Å². The van der Waals surface area contributed by atoms with Gasteiger partial charge in [0.25, 0.3) is 0 Å². The third-order valence-corrected chi connectivity index (χ3v) is 5.36. The highest BCUT2D eigenvalue weighted by Crippen LogP contribution is 2.39. The highest BCUT2D eigenvalue weighted by Gasteiger charge is 2.33. The van der Waals surface area contributed by atoms with Crippen LogP contribution in [0.3, 0.4) is 0 Å². The van der Waals surface area contributed by atoms with Gasteiger partial charge in [0.2, 0.25) is 0 Å². The highest BCUT2D eigenvalue weighted by molar-refractivity contribution is 8.00. The summed E-state index contributed by atoms with van der Waals surface area (Å²) in [6, 6.07) is 4.38. The van der Waals surface area contributed by atoms with Gasteiger partial charge >= 0.3 is 0 Å². The Hall–Kier alpha value is -0.610. The summed E-state index contributed by atoms with van der Waals surface area (Å²) in [5.41, 5.74) is 0. The number of thioether (sulfide) groups is 1. The Morgan fingerprint density at radius 2 is 2.11 bits per heavy atom. The first-order chi connectivity index (χ1) is 9.11. The van der Waals surface area contributed by atoms with Crippen LogP contribution in [0.25, 0.3) is 0 Å². The fraction of sp³-hybridized carbons (Fsp3) is 0.600. The van der Waals surface area contributed by atoms with Gasteiger partial charge in [-0.2, -0.15) is 0 Å². The van der Waals surface area contributed by atoms with Crippen LogP contribution in [-0.4, -0.2) is 17.8 Å². The Labute approximate surface area is 118 Å². The van der Waals surface area contributed by atoms with E-state index in [1.54, 1.807) is 17.8 Å². The normalized spacial score (nSPS) is 26.8. The highest BCUT2D eigenvalue weighted by atomic mass is 32.2. The van der Waals surface area contributed by atoms with E-state index in [0.717, 1.165) is 31.9 Å². The monoisotopic (exact) mass is 285 g/mol. The summed E-state index contributed by atoms with van der Waals surface area (Å²) in [4.78, 5) is 0.564. The van der Waals surface area contributed by atoms with Gasteiger partial charge in [0.15, 0.2) is 0 Å². The zero-order valence-corrected chi connectivity index (χ0v) is 12.3. The maximum absolute atomic E-state index is 13.7. The molecule has 3 unspecified atom stereocenters. The van der Waals surface area contributed by atoms with Crippen LogP contribution in [0.1, 0.15) is 33.1 Å². The Morgan fingerprint density at radius 1 is 1.32 bits per heavy atom. The molecule has 106 valence electrons. The van der Waals surface area contributed by atoms with Crippen molar-refractivity contribution in [1.29, 1.82) is 0 Å². The first kappa shape index (κ1) is 14.8. The van der Waals surface area contributed by atoms with E-state index in [4.69, 9.17) is 0 Å². The van der Waals surface area contributed by atoms with E-state index in [2.05, 4.69) is 19.2 Å². The molecule has 1 nitrogen and oxygen atoms in total. The average molecular weight is 285 g/mol. The number of benzene rings is 1. The summed E-state index contributed by atoms with van der Waals surface area (Å²) in [6.45, 7) is 5.42. The van der Waals surface area contributed by atoms with Crippen LogP contribution < -0.4 is 5.32 Å². The molecule has 0 heterocycles. The van der Waals surface area contributed by atoms with Crippen molar-refractivity contribution in [1.82, 2.24) is 5.32 Å². The molecule has 1 saturated carbocycles. The van der Waals surface area contributed by atoms with E-state index in [9.17, 15) is 8.78 Å². The van der Waals surface area contributed by atoms with Crippen molar-refractivity contribution < 1.29 is 8.78 Å². The van der Waals surface area contributed by atoms with Crippen molar-refractivity contribution in [2.75, 3.05) is 6.54 Å². The zero-order valence-electron chi connectivity index (χ0n) is 11.5. The molecule has 0 aromatic heterocycles. The van der Waals surface area contributed by atoms with Gasteiger partial charge in [-0.25, -0.2) is 8.78 Å². The SMILES string of the molecule is CCCNC1CCC(Sc2ccc(F)cc2F)C1C. The number of rotatable bonds is 5. The second-order valence-electron chi connectivity index (χ2n) is 5.23. The Bertz CT molecular complexity index is 425. The van der Waals surface area contributed by atoms with Crippen LogP contribution in [0.5, 0.6) is 0 Å². The molecule has 1 fully saturated rings. The van der Waals surface area contributed by atoms with Gasteiger partial charge in [0.05, 0.1) is 0 Å². The van der Waals surface area contributed by atoms with Crippen LogP contribution in [0.2, 0.25) is 0 Å². The van der Waals surface area contributed by atoms with E-state index in [1.165, 1.54) is 6.07 Å². The number of halogens is 2. The van der Waals surface area contributed by atoms with Crippen molar-refractivity contribution in [3.63, 3.8) is 0 Å². The summed E-state index contributed by atoms with van der Waals surface area (Å²) in [7, 11) is 0. The predicted molar refractivity (Wildman–Crippen MR) is 76.5 cm³/mol. The van der Waals surface area contributed by atoms with E-state index >= 15 is 0 Å². The lowest BCUT2D eigenvalue weighted by molar-refractivity contribution is 0.431. The molecule has 3 atom stereocenters. The molecule has 0 radical (unpaired) electrons. The summed E-state index contributed by atoms with van der Waals surface area (Å²) in [6.07, 6.45) is 3.36. The molecule has 1 aliphatic rings. The number of hydrogen-bond acceptors (Lipinski definition) is 2. The van der Waals surface area contributed by atoms with Crippen molar-refractivity contribution >= 4 is 11.8 Å². The molecular formula is C15H21F2NS. The van der Waals surface area contributed by atoms with Crippen LogP contribution >= 0.6 is 11.8 Å². The van der Waals surface area contributed by atoms with E-state index in [0.29, 0.717) is 22.1 Å². The van der Waals surface area contributed by atoms with Gasteiger partial charge in [0.1, 0.15) is 11.6 Å². The predicted octanol–water partition coefficient (Wildman–Crippen LogP) is 4.22. The second kappa shape index (κ2) is 6.71. The topological polar surface area (TPSA) is 12.0 Å². The van der Waals surface area contributed by atoms with Crippen LogP contribution in [0, 0.1) is 17.6 Å². The zero-order chi connectivity index (χ0) is 13.8. The molecule has 0 aliphatic heterocycles. The fourth-order valence-corrected chi connectivity index (χ4v) is 3.95. The summed E-state index contributed by atoms with van der Waals surface area (Å²) >= 11 is 1.55. The molecule has 0 amide bonds. The lowest BCUT2D eigenvalue weighted by Crippen LogP contribution is -2.33. The van der Waals surface area contributed by atoms with E-state index < -0.39 is 11.6 Å². The van der Waals surface area contributed by atoms with Gasteiger partial charge < -0.3 is 5.32 Å². The molecule has 19 heavy (non-hydrogen) atoms. The molecule has 0 spiro atoms. The van der Waals surface area contributed by atoms with Gasteiger partial charge in [-0.15, -0.1) is 11.8 Å². The van der Waals surface area contributed by atoms with Crippen LogP contribution in [-0.2, 0) is 0 Å². The van der Waals surface area contributed by atoms with Crippen LogP contribution in [0.4, 0.5) is 8.78 Å². The van der Waals surface area contributed by atoms with Crippen molar-refractivity contribution in [2.24, 2.45) is 5.92 Å². The van der Waals surface area contributed by atoms with Gasteiger partial charge in [-0.05, 0) is 43.9 Å². The fourth-order valence-electron chi connectivity index (χ4n) is 2.65. The summed E-state index contributed by atoms with van der Waals surface area (Å²) in [5.74, 6) is -0.438. The van der Waals surface area contributed by atoms with Gasteiger partial charge in [-0.3, -0.25) is 0 Å². The summed E-state index contributed by atoms with van der Waals surface area (Å²) in [5, 5.41) is 3.96. The maximum Gasteiger partial charge on any atom is 0.139 e. The second-order valence-corrected chi connectivity index (χ2v) is 6.51.